The molecule has 98 heavy (non-hydrogen) atoms. The molecule has 6 nitrogen and oxygen atoms in total. The second-order valence-corrected chi connectivity index (χ2v) is 30.0. The quantitative estimate of drug-likeness (QED) is 0.145. The van der Waals surface area contributed by atoms with Crippen LogP contribution in [-0.2, 0) is 32.1 Å². The van der Waals surface area contributed by atoms with E-state index in [2.05, 4.69) is 291 Å². The molecular formula is C92H130N6. The van der Waals surface area contributed by atoms with Gasteiger partial charge in [-0.25, -0.2) is 0 Å². The average molecular weight is 1320 g/mol. The van der Waals surface area contributed by atoms with Gasteiger partial charge in [0.05, 0.1) is 28.4 Å². The summed E-state index contributed by atoms with van der Waals surface area (Å²) in [5.74, 6) is 0. The van der Waals surface area contributed by atoms with Gasteiger partial charge in [0, 0.05) is 117 Å². The van der Waals surface area contributed by atoms with Crippen LogP contribution in [0.1, 0.15) is 242 Å². The second kappa shape index (κ2) is 38.6. The maximum atomic E-state index is 4.87. The molecule has 0 unspecified atom stereocenters. The number of fused-ring (bicyclic) bond motifs is 10. The first kappa shape index (κ1) is 84.5. The second-order valence-electron chi connectivity index (χ2n) is 30.0. The highest BCUT2D eigenvalue weighted by Gasteiger charge is 2.30. The number of rotatable bonds is 0. The lowest BCUT2D eigenvalue weighted by Crippen LogP contribution is -2.19. The summed E-state index contributed by atoms with van der Waals surface area (Å²) >= 11 is 0. The van der Waals surface area contributed by atoms with Crippen LogP contribution >= 0.6 is 0 Å². The fraction of sp³-hybridized carbons (Fsp3) is 0.457. The minimum atomic E-state index is 0.167. The molecule has 0 atom stereocenters. The van der Waals surface area contributed by atoms with Crippen LogP contribution in [0.25, 0.3) is 32.3 Å². The van der Waals surface area contributed by atoms with Gasteiger partial charge in [-0.05, 0) is 85.1 Å². The molecule has 0 aliphatic carbocycles. The molecule has 6 aliphatic heterocycles. The van der Waals surface area contributed by atoms with Crippen molar-refractivity contribution in [2.75, 3.05) is 0 Å². The van der Waals surface area contributed by atoms with E-state index < -0.39 is 0 Å². The van der Waals surface area contributed by atoms with E-state index in [9.17, 15) is 0 Å². The molecule has 0 saturated heterocycles. The molecule has 6 heterocycles. The Hall–Kier alpha value is -7.70. The molecule has 8 aromatic carbocycles. The lowest BCUT2D eigenvalue weighted by atomic mass is 9.87. The van der Waals surface area contributed by atoms with Gasteiger partial charge in [-0.15, -0.1) is 0 Å². The maximum Gasteiger partial charge on any atom is 0.0743 e. The maximum absolute atomic E-state index is 4.87. The number of hydrogen-bond acceptors (Lipinski definition) is 6. The van der Waals surface area contributed by atoms with Crippen LogP contribution in [0.15, 0.2) is 200 Å². The summed E-state index contributed by atoms with van der Waals surface area (Å²) in [5, 5.41) is 7.83. The topological polar surface area (TPSA) is 74.2 Å². The highest BCUT2D eigenvalue weighted by Crippen LogP contribution is 2.41. The van der Waals surface area contributed by atoms with Crippen LogP contribution < -0.4 is 0 Å². The van der Waals surface area contributed by atoms with Gasteiger partial charge in [-0.1, -0.05) is 341 Å². The fourth-order valence-electron chi connectivity index (χ4n) is 11.1. The molecule has 0 aromatic heterocycles. The van der Waals surface area contributed by atoms with Crippen LogP contribution in [0, 0.1) is 32.5 Å². The van der Waals surface area contributed by atoms with E-state index >= 15 is 0 Å². The Bertz CT molecular complexity index is 3950. The Labute approximate surface area is 598 Å². The molecule has 528 valence electrons. The summed E-state index contributed by atoms with van der Waals surface area (Å²) < 4.78 is 0. The molecule has 0 saturated carbocycles. The molecule has 0 spiro atoms. The van der Waals surface area contributed by atoms with Gasteiger partial charge in [-0.2, -0.15) is 0 Å². The molecule has 0 fully saturated rings. The van der Waals surface area contributed by atoms with E-state index in [4.69, 9.17) is 15.0 Å². The Balaban J connectivity index is 0.000000299. The van der Waals surface area contributed by atoms with Crippen LogP contribution in [-0.4, -0.2) is 34.3 Å². The van der Waals surface area contributed by atoms with E-state index in [1.54, 1.807) is 0 Å². The van der Waals surface area contributed by atoms with Gasteiger partial charge < -0.3 is 0 Å². The van der Waals surface area contributed by atoms with Crippen molar-refractivity contribution in [3.63, 3.8) is 0 Å². The predicted molar refractivity (Wildman–Crippen MR) is 445 cm³/mol. The molecule has 14 rings (SSSR count). The standard InChI is InChI=1S/3C16H17N.2C12H15N.C8H13N.6C2H6/c1-16(2,3)15-10-13-8-11-6-4-5-7-12(11)9-14(13)17-15;1-16(2,3)14-10-12-9-8-11-6-4-5-7-13(11)15(12)17-14;1-16(2,3)15-10-13-12-7-5-4-6-11(12)8-9-14(13)17-15;2*1-12(2,3)11-8-9-6-4-5-7-10(9)13-11;1-8(2,3)7-5-4-6-9-7;6*1-2/h3*4-9H,10H2,1-3H3;2*4-7H,8H2,1-3H3;4,6H,5H2,1-3H3;6*1-2H3. The largest absolute Gasteiger partial charge is 0.265 e. The van der Waals surface area contributed by atoms with E-state index in [0.29, 0.717) is 0 Å². The van der Waals surface area contributed by atoms with Gasteiger partial charge >= 0.3 is 0 Å². The highest BCUT2D eigenvalue weighted by atomic mass is 14.8. The van der Waals surface area contributed by atoms with Crippen LogP contribution in [0.3, 0.4) is 0 Å². The third kappa shape index (κ3) is 23.8. The molecule has 0 bridgehead atoms. The molecule has 0 radical (unpaired) electrons. The number of allylic oxidation sites excluding steroid dienone is 1. The van der Waals surface area contributed by atoms with Gasteiger partial charge in [0.15, 0.2) is 0 Å². The summed E-state index contributed by atoms with van der Waals surface area (Å²) in [6.07, 6.45) is 10.1. The summed E-state index contributed by atoms with van der Waals surface area (Å²) in [7, 11) is 0. The number of hydrogen-bond donors (Lipinski definition) is 0. The summed E-state index contributed by atoms with van der Waals surface area (Å²) in [5.41, 5.74) is 21.7. The summed E-state index contributed by atoms with van der Waals surface area (Å²) in [6, 6.07) is 55.6. The number of benzene rings is 8. The molecule has 8 aromatic rings. The smallest absolute Gasteiger partial charge is 0.0743 e. The van der Waals surface area contributed by atoms with E-state index in [-0.39, 0.29) is 32.5 Å². The first-order valence-electron chi connectivity index (χ1n) is 37.2. The predicted octanol–water partition coefficient (Wildman–Crippen LogP) is 28.8. The van der Waals surface area contributed by atoms with Gasteiger partial charge in [-0.3, -0.25) is 30.0 Å². The summed E-state index contributed by atoms with van der Waals surface area (Å²) in [4.78, 5) is 28.0. The zero-order valence-corrected chi connectivity index (χ0v) is 67.1. The fourth-order valence-corrected chi connectivity index (χ4v) is 11.1. The zero-order valence-electron chi connectivity index (χ0n) is 67.1. The lowest BCUT2D eigenvalue weighted by molar-refractivity contribution is 0.584. The van der Waals surface area contributed by atoms with Crippen molar-refractivity contribution in [3.8, 4) is 0 Å². The van der Waals surface area contributed by atoms with Crippen molar-refractivity contribution in [1.29, 1.82) is 0 Å². The van der Waals surface area contributed by atoms with Crippen molar-refractivity contribution >= 4 is 95.0 Å². The zero-order chi connectivity index (χ0) is 74.0. The highest BCUT2D eigenvalue weighted by molar-refractivity contribution is 6.06. The van der Waals surface area contributed by atoms with Crippen molar-refractivity contribution in [1.82, 2.24) is 0 Å². The third-order valence-electron chi connectivity index (χ3n) is 16.8. The van der Waals surface area contributed by atoms with E-state index in [1.165, 1.54) is 100 Å². The van der Waals surface area contributed by atoms with Gasteiger partial charge in [0.1, 0.15) is 0 Å². The molecule has 6 heteroatoms. The lowest BCUT2D eigenvalue weighted by Gasteiger charge is -2.18. The minimum absolute atomic E-state index is 0.167. The van der Waals surface area contributed by atoms with Crippen LogP contribution in [0.4, 0.5) is 28.4 Å². The Morgan fingerprint density at radius 1 is 0.255 bits per heavy atom. The Kier molecular flexibility index (Phi) is 33.3. The molecular weight excluding hydrogens is 1190 g/mol. The van der Waals surface area contributed by atoms with Crippen LogP contribution in [0.2, 0.25) is 0 Å². The molecule has 0 amide bonds. The van der Waals surface area contributed by atoms with Crippen LogP contribution in [0.5, 0.6) is 0 Å². The van der Waals surface area contributed by atoms with E-state index in [1.807, 2.05) is 101 Å². The normalized spacial score (nSPS) is 13.9. The first-order chi connectivity index (χ1) is 46.4. The van der Waals surface area contributed by atoms with Crippen molar-refractivity contribution in [2.24, 2.45) is 62.4 Å². The summed E-state index contributed by atoms with van der Waals surface area (Å²) in [6.45, 7) is 64.0. The SMILES string of the molecule is CC.CC.CC.CC.CC.CC.CC(C)(C)C1=NC=CC1.CC(C)(C)C1=Nc2c(ccc3ccccc23)C1.CC(C)(C)C1=Nc2cc3ccccc3cc2C1.CC(C)(C)C1=Nc2ccc3ccccc3c2C1.CC(C)(C)C1=Nc2ccccc2C1.CC(C)(C)C1=Nc2ccccc2C1. The molecule has 6 aliphatic rings. The monoisotopic (exact) mass is 1320 g/mol. The number of para-hydroxylation sites is 2. The Morgan fingerprint density at radius 2 is 0.592 bits per heavy atom. The number of nitrogens with zero attached hydrogens (tertiary/aromatic N) is 6. The van der Waals surface area contributed by atoms with Gasteiger partial charge in [0.25, 0.3) is 0 Å². The minimum Gasteiger partial charge on any atom is -0.265 e. The van der Waals surface area contributed by atoms with E-state index in [0.717, 1.165) is 61.3 Å². The number of aliphatic imine (C=N–C) groups is 6. The van der Waals surface area contributed by atoms with Crippen molar-refractivity contribution in [3.05, 3.63) is 198 Å². The average Bonchev–Trinajstić information content (AvgIpc) is 1.63. The third-order valence-corrected chi connectivity index (χ3v) is 16.8. The first-order valence-corrected chi connectivity index (χ1v) is 37.2. The van der Waals surface area contributed by atoms with Crippen molar-refractivity contribution in [2.45, 2.75) is 246 Å². The van der Waals surface area contributed by atoms with Crippen molar-refractivity contribution < 1.29 is 0 Å². The Morgan fingerprint density at radius 3 is 1.02 bits per heavy atom. The molecule has 0 N–H and O–H groups in total. The van der Waals surface area contributed by atoms with Gasteiger partial charge in [0.2, 0.25) is 0 Å².